The largest absolute Gasteiger partial charge is 0.372 e. The van der Waals surface area contributed by atoms with Crippen molar-refractivity contribution < 1.29 is 18.8 Å². The number of amides is 2. The molecule has 1 N–H and O–H groups in total. The van der Waals surface area contributed by atoms with Crippen LogP contribution in [0.4, 0.5) is 15.8 Å². The van der Waals surface area contributed by atoms with Crippen molar-refractivity contribution in [3.05, 3.63) is 119 Å². The van der Waals surface area contributed by atoms with Crippen LogP contribution in [0.15, 0.2) is 85.2 Å². The number of ketones is 1. The molecule has 0 aliphatic carbocycles. The van der Waals surface area contributed by atoms with Gasteiger partial charge in [-0.3, -0.25) is 24.4 Å². The summed E-state index contributed by atoms with van der Waals surface area (Å²) < 4.78 is 13.1. The zero-order chi connectivity index (χ0) is 30.5. The fraction of sp³-hybridized carbons (Fsp3) is 0.286. The summed E-state index contributed by atoms with van der Waals surface area (Å²) in [7, 11) is 0. The topological polar surface area (TPSA) is 95.5 Å². The Morgan fingerprint density at radius 2 is 1.48 bits per heavy atom. The summed E-state index contributed by atoms with van der Waals surface area (Å²) >= 11 is 0. The van der Waals surface area contributed by atoms with Gasteiger partial charge in [0.15, 0.2) is 5.78 Å². The Morgan fingerprint density at radius 1 is 0.773 bits per heavy atom. The van der Waals surface area contributed by atoms with Crippen molar-refractivity contribution in [3.63, 3.8) is 0 Å². The number of Topliss-reactive ketones (excluding diaryl/α,β-unsaturated/α-hetero) is 1. The summed E-state index contributed by atoms with van der Waals surface area (Å²) in [6.07, 6.45) is 7.15. The van der Waals surface area contributed by atoms with Gasteiger partial charge >= 0.3 is 0 Å². The normalized spacial score (nSPS) is 15.3. The van der Waals surface area contributed by atoms with Gasteiger partial charge in [-0.2, -0.15) is 0 Å². The number of likely N-dealkylation sites (tertiary alicyclic amines) is 1. The van der Waals surface area contributed by atoms with E-state index in [-0.39, 0.29) is 35.0 Å². The van der Waals surface area contributed by atoms with Crippen LogP contribution in [-0.2, 0) is 6.42 Å². The van der Waals surface area contributed by atoms with Gasteiger partial charge in [0.05, 0.1) is 17.4 Å². The van der Waals surface area contributed by atoms with Gasteiger partial charge in [-0.05, 0) is 91.9 Å². The molecule has 2 aliphatic rings. The fourth-order valence-corrected chi connectivity index (χ4v) is 5.83. The Hall–Kier alpha value is -4.92. The number of carbonyl (C=O) groups is 3. The molecule has 0 unspecified atom stereocenters. The Balaban J connectivity index is 0.985. The second kappa shape index (κ2) is 13.2. The molecule has 4 aromatic rings. The lowest BCUT2D eigenvalue weighted by molar-refractivity contribution is 0.0645. The summed E-state index contributed by atoms with van der Waals surface area (Å²) in [5.41, 5.74) is 4.73. The number of halogens is 1. The predicted octanol–water partition coefficient (Wildman–Crippen LogP) is 5.79. The number of hydrogen-bond donors (Lipinski definition) is 1. The van der Waals surface area contributed by atoms with Gasteiger partial charge in [-0.25, -0.2) is 4.39 Å². The van der Waals surface area contributed by atoms with E-state index < -0.39 is 0 Å². The number of piperidine rings is 1. The molecule has 44 heavy (non-hydrogen) atoms. The molecule has 2 aliphatic heterocycles. The number of pyridine rings is 2. The van der Waals surface area contributed by atoms with Crippen LogP contribution in [0, 0.1) is 11.7 Å². The number of nitrogens with one attached hydrogen (secondary N) is 1. The summed E-state index contributed by atoms with van der Waals surface area (Å²) in [6, 6.07) is 20.9. The van der Waals surface area contributed by atoms with Gasteiger partial charge in [0.25, 0.3) is 11.8 Å². The predicted molar refractivity (Wildman–Crippen MR) is 166 cm³/mol. The first-order valence-electron chi connectivity index (χ1n) is 15.1. The lowest BCUT2D eigenvalue weighted by Crippen LogP contribution is -2.40. The highest BCUT2D eigenvalue weighted by atomic mass is 19.1. The molecule has 6 rings (SSSR count). The molecule has 2 fully saturated rings. The third-order valence-corrected chi connectivity index (χ3v) is 8.40. The number of anilines is 2. The van der Waals surface area contributed by atoms with Gasteiger partial charge < -0.3 is 15.1 Å². The van der Waals surface area contributed by atoms with E-state index in [1.54, 1.807) is 47.5 Å². The Bertz CT molecular complexity index is 1610. The highest BCUT2D eigenvalue weighted by Crippen LogP contribution is 2.26. The number of nitrogens with zero attached hydrogens (tertiary/aromatic N) is 4. The monoisotopic (exact) mass is 591 g/mol. The van der Waals surface area contributed by atoms with Crippen molar-refractivity contribution in [2.75, 3.05) is 36.4 Å². The first-order valence-corrected chi connectivity index (χ1v) is 15.1. The molecule has 0 spiro atoms. The van der Waals surface area contributed by atoms with Crippen LogP contribution >= 0.6 is 0 Å². The van der Waals surface area contributed by atoms with Crippen molar-refractivity contribution in [2.24, 2.45) is 5.92 Å². The third kappa shape index (κ3) is 6.83. The van der Waals surface area contributed by atoms with E-state index in [2.05, 4.69) is 20.2 Å². The maximum atomic E-state index is 13.1. The van der Waals surface area contributed by atoms with Crippen molar-refractivity contribution >= 4 is 29.0 Å². The van der Waals surface area contributed by atoms with E-state index in [1.165, 1.54) is 36.9 Å². The summed E-state index contributed by atoms with van der Waals surface area (Å²) in [6.45, 7) is 3.10. The second-order valence-electron chi connectivity index (χ2n) is 11.4. The lowest BCUT2D eigenvalue weighted by Gasteiger charge is -2.31. The van der Waals surface area contributed by atoms with Gasteiger partial charge in [0.2, 0.25) is 0 Å². The zero-order valence-electron chi connectivity index (χ0n) is 24.4. The molecule has 0 radical (unpaired) electrons. The van der Waals surface area contributed by atoms with E-state index in [1.807, 2.05) is 24.3 Å². The molecule has 2 saturated heterocycles. The molecule has 8 nitrogen and oxygen atoms in total. The van der Waals surface area contributed by atoms with Crippen molar-refractivity contribution in [1.82, 2.24) is 14.9 Å². The minimum atomic E-state index is -0.364. The van der Waals surface area contributed by atoms with Crippen LogP contribution in [0.25, 0.3) is 0 Å². The summed E-state index contributed by atoms with van der Waals surface area (Å²) in [4.78, 5) is 51.7. The summed E-state index contributed by atoms with van der Waals surface area (Å²) in [5.74, 6) is -0.830. The number of hydrogen-bond acceptors (Lipinski definition) is 6. The van der Waals surface area contributed by atoms with Gasteiger partial charge in [0.1, 0.15) is 11.5 Å². The first-order chi connectivity index (χ1) is 21.4. The average Bonchev–Trinajstić information content (AvgIpc) is 3.62. The fourth-order valence-electron chi connectivity index (χ4n) is 5.83. The van der Waals surface area contributed by atoms with Crippen molar-refractivity contribution in [3.8, 4) is 0 Å². The molecule has 9 heteroatoms. The van der Waals surface area contributed by atoms with Gasteiger partial charge in [0, 0.05) is 61.7 Å². The Labute approximate surface area is 255 Å². The van der Waals surface area contributed by atoms with Crippen molar-refractivity contribution in [2.45, 2.75) is 32.1 Å². The molecule has 0 bridgehead atoms. The van der Waals surface area contributed by atoms with Gasteiger partial charge in [-0.1, -0.05) is 12.1 Å². The molecule has 2 aromatic carbocycles. The number of benzene rings is 2. The van der Waals surface area contributed by atoms with E-state index in [0.717, 1.165) is 29.9 Å². The van der Waals surface area contributed by atoms with Crippen LogP contribution in [0.2, 0.25) is 0 Å². The maximum absolute atomic E-state index is 13.1. The molecule has 0 atom stereocenters. The molecular weight excluding hydrogens is 557 g/mol. The quantitative estimate of drug-likeness (QED) is 0.261. The number of carbonyl (C=O) groups excluding carboxylic acids is 3. The van der Waals surface area contributed by atoms with E-state index >= 15 is 0 Å². The smallest absolute Gasteiger partial charge is 0.272 e. The highest BCUT2D eigenvalue weighted by Gasteiger charge is 2.29. The average molecular weight is 592 g/mol. The van der Waals surface area contributed by atoms with Crippen molar-refractivity contribution in [1.29, 1.82) is 0 Å². The molecule has 224 valence electrons. The molecule has 2 aromatic heterocycles. The maximum Gasteiger partial charge on any atom is 0.272 e. The standard InChI is InChI=1S/C35H34FN5O3/c36-28-8-3-24(4-9-28)21-29-10-11-30(23-37-29)39-34(43)27-7-14-32(38-22-27)35(44)41-19-15-26(16-20-41)33(42)25-5-12-31(13-6-25)40-17-1-2-18-40/h3-14,22-23,26H,1-2,15-21H2,(H,39,43). The molecule has 4 heterocycles. The van der Waals surface area contributed by atoms with Crippen LogP contribution in [-0.4, -0.2) is 58.6 Å². The minimum absolute atomic E-state index is 0.109. The molecule has 2 amide bonds. The first kappa shape index (κ1) is 29.2. The van der Waals surface area contributed by atoms with Crippen LogP contribution in [0.1, 0.15) is 68.1 Å². The van der Waals surface area contributed by atoms with Gasteiger partial charge in [-0.15, -0.1) is 0 Å². The third-order valence-electron chi connectivity index (χ3n) is 8.40. The zero-order valence-corrected chi connectivity index (χ0v) is 24.4. The summed E-state index contributed by atoms with van der Waals surface area (Å²) in [5, 5.41) is 2.79. The minimum Gasteiger partial charge on any atom is -0.372 e. The molecule has 0 saturated carbocycles. The number of rotatable bonds is 8. The SMILES string of the molecule is O=C(Nc1ccc(Cc2ccc(F)cc2)nc1)c1ccc(C(=O)N2CCC(C(=O)c3ccc(N4CCCC4)cc3)CC2)nc1. The number of aromatic nitrogens is 2. The van der Waals surface area contributed by atoms with E-state index in [9.17, 15) is 18.8 Å². The molecular formula is C35H34FN5O3. The Morgan fingerprint density at radius 3 is 2.11 bits per heavy atom. The Kier molecular flexibility index (Phi) is 8.72. The van der Waals surface area contributed by atoms with Crippen LogP contribution in [0.5, 0.6) is 0 Å². The van der Waals surface area contributed by atoms with E-state index in [4.69, 9.17) is 0 Å². The second-order valence-corrected chi connectivity index (χ2v) is 11.4. The lowest BCUT2D eigenvalue weighted by atomic mass is 9.88. The highest BCUT2D eigenvalue weighted by molar-refractivity contribution is 6.04. The van der Waals surface area contributed by atoms with Crippen LogP contribution in [0.3, 0.4) is 0 Å². The van der Waals surface area contributed by atoms with E-state index in [0.29, 0.717) is 43.6 Å². The van der Waals surface area contributed by atoms with Crippen LogP contribution < -0.4 is 10.2 Å².